The number of aryl methyl sites for hydroxylation is 1. The maximum atomic E-state index is 12.3. The van der Waals surface area contributed by atoms with E-state index in [1.807, 2.05) is 19.1 Å². The third-order valence-electron chi connectivity index (χ3n) is 2.80. The van der Waals surface area contributed by atoms with Crippen LogP contribution < -0.4 is 5.73 Å². The van der Waals surface area contributed by atoms with Crippen LogP contribution in [0.4, 0.5) is 0 Å². The first kappa shape index (κ1) is 15.5. The van der Waals surface area contributed by atoms with E-state index >= 15 is 0 Å². The van der Waals surface area contributed by atoms with Gasteiger partial charge in [0.15, 0.2) is 0 Å². The van der Waals surface area contributed by atoms with Crippen LogP contribution in [0.15, 0.2) is 27.8 Å². The first-order chi connectivity index (χ1) is 8.85. The molecule has 1 aromatic carbocycles. The van der Waals surface area contributed by atoms with Gasteiger partial charge in [-0.25, -0.2) is 0 Å². The molecule has 0 saturated heterocycles. The van der Waals surface area contributed by atoms with Crippen molar-refractivity contribution in [3.05, 3.63) is 33.8 Å². The van der Waals surface area contributed by atoms with E-state index in [-0.39, 0.29) is 17.7 Å². The number of benzene rings is 1. The van der Waals surface area contributed by atoms with Gasteiger partial charge >= 0.3 is 0 Å². The van der Waals surface area contributed by atoms with Crippen molar-refractivity contribution in [3.8, 4) is 0 Å². The van der Waals surface area contributed by atoms with Crippen LogP contribution in [0.25, 0.3) is 0 Å². The molecule has 0 radical (unpaired) electrons. The second kappa shape index (κ2) is 6.56. The van der Waals surface area contributed by atoms with Gasteiger partial charge in [-0.3, -0.25) is 4.79 Å². The minimum absolute atomic E-state index is 0.0954. The maximum absolute atomic E-state index is 12.3. The van der Waals surface area contributed by atoms with Gasteiger partial charge in [-0.2, -0.15) is 0 Å². The Balaban J connectivity index is 2.82. The SMILES string of the molecule is Cc1cc(Br)cc(C(=O)N(C)CC(C)/C(N)=N/O)c1. The predicted molar refractivity (Wildman–Crippen MR) is 78.4 cm³/mol. The number of nitrogens with zero attached hydrogens (tertiary/aromatic N) is 2. The molecule has 0 fully saturated rings. The van der Waals surface area contributed by atoms with Crippen molar-refractivity contribution in [1.82, 2.24) is 4.90 Å². The summed E-state index contributed by atoms with van der Waals surface area (Å²) >= 11 is 3.37. The summed E-state index contributed by atoms with van der Waals surface area (Å²) < 4.78 is 0.869. The van der Waals surface area contributed by atoms with Crippen LogP contribution in [0.2, 0.25) is 0 Å². The second-order valence-corrected chi connectivity index (χ2v) is 5.54. The van der Waals surface area contributed by atoms with Gasteiger partial charge in [0.2, 0.25) is 0 Å². The van der Waals surface area contributed by atoms with Gasteiger partial charge in [0.05, 0.1) is 0 Å². The maximum Gasteiger partial charge on any atom is 0.253 e. The minimum atomic E-state index is -0.202. The summed E-state index contributed by atoms with van der Waals surface area (Å²) in [7, 11) is 1.69. The zero-order chi connectivity index (χ0) is 14.6. The van der Waals surface area contributed by atoms with E-state index in [4.69, 9.17) is 10.9 Å². The predicted octanol–water partition coefficient (Wildman–Crippen LogP) is 2.21. The Bertz CT molecular complexity index is 482. The van der Waals surface area contributed by atoms with Crippen LogP contribution in [0.3, 0.4) is 0 Å². The average Bonchev–Trinajstić information content (AvgIpc) is 2.35. The number of amidine groups is 1. The topological polar surface area (TPSA) is 78.9 Å². The largest absolute Gasteiger partial charge is 0.409 e. The molecule has 0 bridgehead atoms. The molecule has 1 atom stereocenters. The molecule has 104 valence electrons. The van der Waals surface area contributed by atoms with Crippen molar-refractivity contribution in [3.63, 3.8) is 0 Å². The highest BCUT2D eigenvalue weighted by atomic mass is 79.9. The summed E-state index contributed by atoms with van der Waals surface area (Å²) in [6.07, 6.45) is 0. The van der Waals surface area contributed by atoms with Crippen LogP contribution in [0, 0.1) is 12.8 Å². The van der Waals surface area contributed by atoms with Gasteiger partial charge in [-0.1, -0.05) is 28.0 Å². The number of oxime groups is 1. The number of rotatable bonds is 4. The van der Waals surface area contributed by atoms with Crippen LogP contribution in [-0.2, 0) is 0 Å². The lowest BCUT2D eigenvalue weighted by Crippen LogP contribution is -2.36. The zero-order valence-corrected chi connectivity index (χ0v) is 12.8. The highest BCUT2D eigenvalue weighted by molar-refractivity contribution is 9.10. The molecular formula is C13H18BrN3O2. The Hall–Kier alpha value is -1.56. The van der Waals surface area contributed by atoms with Crippen molar-refractivity contribution in [2.24, 2.45) is 16.8 Å². The number of halogens is 1. The molecule has 6 heteroatoms. The monoisotopic (exact) mass is 327 g/mol. The van der Waals surface area contributed by atoms with Gasteiger partial charge in [0, 0.05) is 29.5 Å². The van der Waals surface area contributed by atoms with E-state index in [9.17, 15) is 4.79 Å². The lowest BCUT2D eigenvalue weighted by atomic mass is 10.1. The van der Waals surface area contributed by atoms with E-state index < -0.39 is 0 Å². The van der Waals surface area contributed by atoms with E-state index in [0.717, 1.165) is 10.0 Å². The summed E-state index contributed by atoms with van der Waals surface area (Å²) in [5.74, 6) is -0.181. The third kappa shape index (κ3) is 4.24. The average molecular weight is 328 g/mol. The van der Waals surface area contributed by atoms with Gasteiger partial charge < -0.3 is 15.8 Å². The molecule has 0 aromatic heterocycles. The molecule has 0 aliphatic rings. The number of nitrogens with two attached hydrogens (primary N) is 1. The molecule has 1 amide bonds. The summed E-state index contributed by atoms with van der Waals surface area (Å²) in [4.78, 5) is 13.8. The molecule has 0 aliphatic carbocycles. The van der Waals surface area contributed by atoms with Crippen molar-refractivity contribution in [1.29, 1.82) is 0 Å². The number of hydrogen-bond donors (Lipinski definition) is 2. The first-order valence-electron chi connectivity index (χ1n) is 5.85. The van der Waals surface area contributed by atoms with Crippen LogP contribution in [0.5, 0.6) is 0 Å². The molecule has 5 nitrogen and oxygen atoms in total. The Morgan fingerprint density at radius 1 is 1.53 bits per heavy atom. The number of carbonyl (C=O) groups is 1. The summed E-state index contributed by atoms with van der Waals surface area (Å²) in [5, 5.41) is 11.6. The smallest absolute Gasteiger partial charge is 0.253 e. The minimum Gasteiger partial charge on any atom is -0.409 e. The lowest BCUT2D eigenvalue weighted by Gasteiger charge is -2.21. The molecule has 0 heterocycles. The van der Waals surface area contributed by atoms with Crippen molar-refractivity contribution >= 4 is 27.7 Å². The lowest BCUT2D eigenvalue weighted by molar-refractivity contribution is 0.0786. The standard InChI is InChI=1S/C13H18BrN3O2/c1-8-4-10(6-11(14)5-8)13(18)17(3)7-9(2)12(15)16-19/h4-6,9,19H,7H2,1-3H3,(H2,15,16). The normalized spacial score (nSPS) is 13.2. The van der Waals surface area contributed by atoms with E-state index in [1.165, 1.54) is 0 Å². The Morgan fingerprint density at radius 3 is 2.68 bits per heavy atom. The van der Waals surface area contributed by atoms with E-state index in [0.29, 0.717) is 12.1 Å². The molecular weight excluding hydrogens is 310 g/mol. The molecule has 19 heavy (non-hydrogen) atoms. The van der Waals surface area contributed by atoms with Crippen LogP contribution in [0.1, 0.15) is 22.8 Å². The molecule has 3 N–H and O–H groups in total. The van der Waals surface area contributed by atoms with Crippen molar-refractivity contribution < 1.29 is 10.0 Å². The Kier molecular flexibility index (Phi) is 5.35. The highest BCUT2D eigenvalue weighted by Crippen LogP contribution is 2.17. The Morgan fingerprint density at radius 2 is 2.16 bits per heavy atom. The fraction of sp³-hybridized carbons (Fsp3) is 0.385. The number of carbonyl (C=O) groups excluding carboxylic acids is 1. The zero-order valence-electron chi connectivity index (χ0n) is 11.2. The summed E-state index contributed by atoms with van der Waals surface area (Å²) in [6.45, 7) is 4.12. The highest BCUT2D eigenvalue weighted by Gasteiger charge is 2.17. The van der Waals surface area contributed by atoms with Gasteiger partial charge in [-0.15, -0.1) is 0 Å². The van der Waals surface area contributed by atoms with Crippen molar-refractivity contribution in [2.75, 3.05) is 13.6 Å². The quantitative estimate of drug-likeness (QED) is 0.385. The van der Waals surface area contributed by atoms with E-state index in [2.05, 4.69) is 21.1 Å². The molecule has 0 aliphatic heterocycles. The summed E-state index contributed by atoms with van der Waals surface area (Å²) in [5.41, 5.74) is 7.13. The Labute approximate surface area is 121 Å². The second-order valence-electron chi connectivity index (χ2n) is 4.63. The third-order valence-corrected chi connectivity index (χ3v) is 3.26. The van der Waals surface area contributed by atoms with Crippen molar-refractivity contribution in [2.45, 2.75) is 13.8 Å². The molecule has 0 spiro atoms. The summed E-state index contributed by atoms with van der Waals surface area (Å²) in [6, 6.07) is 5.55. The van der Waals surface area contributed by atoms with Crippen LogP contribution >= 0.6 is 15.9 Å². The van der Waals surface area contributed by atoms with Gasteiger partial charge in [0.1, 0.15) is 5.84 Å². The molecule has 1 unspecified atom stereocenters. The van der Waals surface area contributed by atoms with Gasteiger partial charge in [-0.05, 0) is 30.7 Å². The fourth-order valence-electron chi connectivity index (χ4n) is 1.77. The van der Waals surface area contributed by atoms with Crippen LogP contribution in [-0.4, -0.2) is 35.4 Å². The fourth-order valence-corrected chi connectivity index (χ4v) is 2.37. The number of hydrogen-bond acceptors (Lipinski definition) is 3. The molecule has 1 rings (SSSR count). The van der Waals surface area contributed by atoms with Gasteiger partial charge in [0.25, 0.3) is 5.91 Å². The first-order valence-corrected chi connectivity index (χ1v) is 6.64. The molecule has 1 aromatic rings. The number of amides is 1. The van der Waals surface area contributed by atoms with E-state index in [1.54, 1.807) is 24.9 Å². The molecule has 0 saturated carbocycles.